The Bertz CT molecular complexity index is 524. The number of hydrogen-bond acceptors (Lipinski definition) is 5. The van der Waals surface area contributed by atoms with Crippen LogP contribution in [0.3, 0.4) is 0 Å². The number of carbonyl (C=O) groups is 3. The van der Waals surface area contributed by atoms with Crippen LogP contribution in [0.2, 0.25) is 0 Å². The highest BCUT2D eigenvalue weighted by molar-refractivity contribution is 5.86. The van der Waals surface area contributed by atoms with Gasteiger partial charge in [-0.3, -0.25) is 9.59 Å². The number of rotatable bonds is 7. The maximum Gasteiger partial charge on any atom is 0.333 e. The summed E-state index contributed by atoms with van der Waals surface area (Å²) < 4.78 is 10.1. The standard InChI is InChI=1S/C20H30O6/c1-13(2)19(23)25-11-12-26-20(24)17-9-5-15(6-10-17)14-3-7-16(8-4-14)18(21)22/h14-17H,1,3-12H2,2H3,(H,21,22). The molecule has 0 unspecified atom stereocenters. The molecule has 26 heavy (non-hydrogen) atoms. The number of ether oxygens (including phenoxy) is 2. The second-order valence-electron chi connectivity index (χ2n) is 7.65. The molecule has 2 rings (SSSR count). The summed E-state index contributed by atoms with van der Waals surface area (Å²) in [6.45, 7) is 5.20. The Labute approximate surface area is 154 Å². The van der Waals surface area contributed by atoms with E-state index < -0.39 is 11.9 Å². The minimum atomic E-state index is -0.663. The number of hydrogen-bond donors (Lipinski definition) is 1. The number of aliphatic carboxylic acids is 1. The van der Waals surface area contributed by atoms with Gasteiger partial charge in [-0.05, 0) is 70.1 Å². The van der Waals surface area contributed by atoms with Crippen molar-refractivity contribution in [2.75, 3.05) is 13.2 Å². The smallest absolute Gasteiger partial charge is 0.333 e. The van der Waals surface area contributed by atoms with Crippen LogP contribution in [0.25, 0.3) is 0 Å². The first-order valence-corrected chi connectivity index (χ1v) is 9.60. The van der Waals surface area contributed by atoms with E-state index in [1.807, 2.05) is 0 Å². The third-order valence-corrected chi connectivity index (χ3v) is 5.80. The Morgan fingerprint density at radius 3 is 1.77 bits per heavy atom. The van der Waals surface area contributed by atoms with Crippen LogP contribution >= 0.6 is 0 Å². The number of carboxylic acids is 1. The van der Waals surface area contributed by atoms with E-state index in [1.54, 1.807) is 6.92 Å². The molecule has 2 saturated carbocycles. The lowest BCUT2D eigenvalue weighted by atomic mass is 9.69. The predicted molar refractivity (Wildman–Crippen MR) is 95.3 cm³/mol. The fourth-order valence-electron chi connectivity index (χ4n) is 4.18. The molecule has 0 atom stereocenters. The molecule has 0 aromatic carbocycles. The molecular formula is C20H30O6. The van der Waals surface area contributed by atoms with Crippen LogP contribution in [-0.2, 0) is 23.9 Å². The molecule has 0 heterocycles. The van der Waals surface area contributed by atoms with E-state index in [1.165, 1.54) is 0 Å². The predicted octanol–water partition coefficient (Wildman–Crippen LogP) is 3.35. The molecule has 0 aromatic heterocycles. The number of esters is 2. The van der Waals surface area contributed by atoms with Crippen LogP contribution < -0.4 is 0 Å². The lowest BCUT2D eigenvalue weighted by molar-refractivity contribution is -0.155. The normalized spacial score (nSPS) is 28.8. The van der Waals surface area contributed by atoms with Crippen molar-refractivity contribution in [2.24, 2.45) is 23.7 Å². The van der Waals surface area contributed by atoms with Gasteiger partial charge in [0.25, 0.3) is 0 Å². The maximum absolute atomic E-state index is 12.1. The Balaban J connectivity index is 1.63. The van der Waals surface area contributed by atoms with Crippen LogP contribution in [0, 0.1) is 23.7 Å². The van der Waals surface area contributed by atoms with E-state index in [0.29, 0.717) is 17.4 Å². The highest BCUT2D eigenvalue weighted by Crippen LogP contribution is 2.41. The van der Waals surface area contributed by atoms with Gasteiger partial charge in [0.2, 0.25) is 0 Å². The SMILES string of the molecule is C=C(C)C(=O)OCCOC(=O)C1CCC(C2CCC(C(=O)O)CC2)CC1. The summed E-state index contributed by atoms with van der Waals surface area (Å²) >= 11 is 0. The molecule has 0 aliphatic heterocycles. The van der Waals surface area contributed by atoms with Crippen molar-refractivity contribution in [3.8, 4) is 0 Å². The van der Waals surface area contributed by atoms with Crippen molar-refractivity contribution in [2.45, 2.75) is 58.3 Å². The van der Waals surface area contributed by atoms with Crippen molar-refractivity contribution in [3.05, 3.63) is 12.2 Å². The van der Waals surface area contributed by atoms with E-state index >= 15 is 0 Å². The van der Waals surface area contributed by atoms with E-state index in [0.717, 1.165) is 51.4 Å². The third kappa shape index (κ3) is 5.85. The monoisotopic (exact) mass is 366 g/mol. The van der Waals surface area contributed by atoms with E-state index in [-0.39, 0.29) is 31.0 Å². The summed E-state index contributed by atoms with van der Waals surface area (Å²) in [5.41, 5.74) is 0.326. The van der Waals surface area contributed by atoms with Crippen molar-refractivity contribution < 1.29 is 29.0 Å². The lowest BCUT2D eigenvalue weighted by Gasteiger charge is -2.36. The molecule has 6 nitrogen and oxygen atoms in total. The van der Waals surface area contributed by atoms with Gasteiger partial charge in [0.05, 0.1) is 11.8 Å². The Morgan fingerprint density at radius 1 is 0.846 bits per heavy atom. The minimum Gasteiger partial charge on any atom is -0.481 e. The van der Waals surface area contributed by atoms with Crippen LogP contribution in [-0.4, -0.2) is 36.2 Å². The average Bonchev–Trinajstić information content (AvgIpc) is 2.65. The van der Waals surface area contributed by atoms with E-state index in [2.05, 4.69) is 6.58 Å². The van der Waals surface area contributed by atoms with Crippen LogP contribution in [0.1, 0.15) is 58.3 Å². The summed E-state index contributed by atoms with van der Waals surface area (Å²) in [4.78, 5) is 34.4. The fourth-order valence-corrected chi connectivity index (χ4v) is 4.18. The zero-order chi connectivity index (χ0) is 19.1. The van der Waals surface area contributed by atoms with Gasteiger partial charge < -0.3 is 14.6 Å². The fraction of sp³-hybridized carbons (Fsp3) is 0.750. The van der Waals surface area contributed by atoms with Gasteiger partial charge in [-0.25, -0.2) is 4.79 Å². The topological polar surface area (TPSA) is 89.9 Å². The molecule has 0 saturated heterocycles. The van der Waals surface area contributed by atoms with Gasteiger partial charge in [0.1, 0.15) is 13.2 Å². The molecule has 2 aliphatic carbocycles. The average molecular weight is 366 g/mol. The summed E-state index contributed by atoms with van der Waals surface area (Å²) in [6, 6.07) is 0. The first kappa shape index (κ1) is 20.5. The van der Waals surface area contributed by atoms with Gasteiger partial charge in [-0.2, -0.15) is 0 Å². The lowest BCUT2D eigenvalue weighted by Crippen LogP contribution is -2.30. The molecule has 6 heteroatoms. The van der Waals surface area contributed by atoms with Gasteiger partial charge >= 0.3 is 17.9 Å². The Hall–Kier alpha value is -1.85. The van der Waals surface area contributed by atoms with Gasteiger partial charge in [0, 0.05) is 5.57 Å². The van der Waals surface area contributed by atoms with Crippen molar-refractivity contribution in [1.29, 1.82) is 0 Å². The molecule has 0 bridgehead atoms. The Morgan fingerprint density at radius 2 is 1.31 bits per heavy atom. The molecule has 0 amide bonds. The summed E-state index contributed by atoms with van der Waals surface area (Å²) in [5.74, 6) is -0.378. The van der Waals surface area contributed by atoms with Crippen molar-refractivity contribution >= 4 is 17.9 Å². The van der Waals surface area contributed by atoms with Gasteiger partial charge in [0.15, 0.2) is 0 Å². The van der Waals surface area contributed by atoms with E-state index in [9.17, 15) is 14.4 Å². The molecular weight excluding hydrogens is 336 g/mol. The van der Waals surface area contributed by atoms with Gasteiger partial charge in [-0.1, -0.05) is 6.58 Å². The van der Waals surface area contributed by atoms with Crippen molar-refractivity contribution in [1.82, 2.24) is 0 Å². The van der Waals surface area contributed by atoms with Crippen LogP contribution in [0.5, 0.6) is 0 Å². The second-order valence-corrected chi connectivity index (χ2v) is 7.65. The summed E-state index contributed by atoms with van der Waals surface area (Å²) in [6.07, 6.45) is 7.22. The third-order valence-electron chi connectivity index (χ3n) is 5.80. The zero-order valence-electron chi connectivity index (χ0n) is 15.6. The largest absolute Gasteiger partial charge is 0.481 e. The highest BCUT2D eigenvalue weighted by atomic mass is 16.6. The molecule has 0 spiro atoms. The summed E-state index contributed by atoms with van der Waals surface area (Å²) in [7, 11) is 0. The maximum atomic E-state index is 12.1. The molecule has 146 valence electrons. The number of carbonyl (C=O) groups excluding carboxylic acids is 2. The van der Waals surface area contributed by atoms with E-state index in [4.69, 9.17) is 14.6 Å². The number of carboxylic acid groups (broad SMARTS) is 1. The zero-order valence-corrected chi connectivity index (χ0v) is 15.6. The first-order valence-electron chi connectivity index (χ1n) is 9.60. The second kappa shape index (κ2) is 9.74. The quantitative estimate of drug-likeness (QED) is 0.422. The van der Waals surface area contributed by atoms with Gasteiger partial charge in [-0.15, -0.1) is 0 Å². The molecule has 1 N–H and O–H groups in total. The highest BCUT2D eigenvalue weighted by Gasteiger charge is 2.34. The molecule has 2 fully saturated rings. The molecule has 0 aromatic rings. The van der Waals surface area contributed by atoms with Crippen LogP contribution in [0.15, 0.2) is 12.2 Å². The van der Waals surface area contributed by atoms with Crippen molar-refractivity contribution in [3.63, 3.8) is 0 Å². The molecule has 2 aliphatic rings. The van der Waals surface area contributed by atoms with Crippen LogP contribution in [0.4, 0.5) is 0 Å². The summed E-state index contributed by atoms with van der Waals surface area (Å²) in [5, 5.41) is 9.09. The molecule has 0 radical (unpaired) electrons. The first-order chi connectivity index (χ1) is 12.4. The minimum absolute atomic E-state index is 0.0552. The Kier molecular flexibility index (Phi) is 7.66.